The van der Waals surface area contributed by atoms with Crippen LogP contribution in [0.15, 0.2) is 4.52 Å². The molecule has 32 heavy (non-hydrogen) atoms. The van der Waals surface area contributed by atoms with Gasteiger partial charge in [0.15, 0.2) is 0 Å². The van der Waals surface area contributed by atoms with Gasteiger partial charge in [-0.25, -0.2) is 4.79 Å². The van der Waals surface area contributed by atoms with E-state index in [4.69, 9.17) is 19.2 Å². The van der Waals surface area contributed by atoms with Crippen molar-refractivity contribution in [2.75, 3.05) is 26.2 Å². The van der Waals surface area contributed by atoms with E-state index in [2.05, 4.69) is 15.4 Å². The number of carbonyl (C=O) groups is 2. The second kappa shape index (κ2) is 10.2. The van der Waals surface area contributed by atoms with E-state index >= 15 is 0 Å². The molecule has 2 N–H and O–H groups in total. The number of ether oxygens (including phenoxy) is 1. The number of aliphatic carboxylic acids is 1. The van der Waals surface area contributed by atoms with Gasteiger partial charge in [0.1, 0.15) is 5.76 Å². The number of carbonyl (C=O) groups excluding carboxylic acids is 1. The van der Waals surface area contributed by atoms with Gasteiger partial charge in [0.25, 0.3) is 0 Å². The third-order valence-corrected chi connectivity index (χ3v) is 6.36. The van der Waals surface area contributed by atoms with E-state index in [1.165, 1.54) is 18.4 Å². The zero-order valence-corrected chi connectivity index (χ0v) is 18.3. The van der Waals surface area contributed by atoms with Crippen LogP contribution in [0.1, 0.15) is 42.7 Å². The van der Waals surface area contributed by atoms with Crippen molar-refractivity contribution in [3.63, 3.8) is 0 Å². The Morgan fingerprint density at radius 2 is 1.91 bits per heavy atom. The topological polar surface area (TPSA) is 105 Å². The summed E-state index contributed by atoms with van der Waals surface area (Å²) in [7, 11) is 0. The molecule has 1 aliphatic carbocycles. The second-order valence-corrected chi connectivity index (χ2v) is 8.79. The zero-order chi connectivity index (χ0) is 23.5. The molecule has 0 spiro atoms. The lowest BCUT2D eigenvalue weighted by atomic mass is 9.79. The molecule has 8 nitrogen and oxygen atoms in total. The maximum Gasteiger partial charge on any atom is 0.490 e. The minimum absolute atomic E-state index is 0.0879. The monoisotopic (exact) mass is 461 g/mol. The van der Waals surface area contributed by atoms with Gasteiger partial charge in [-0.05, 0) is 45.4 Å². The Labute approximate surface area is 184 Å². The number of piperidine rings is 1. The van der Waals surface area contributed by atoms with Gasteiger partial charge in [0.2, 0.25) is 5.91 Å². The summed E-state index contributed by atoms with van der Waals surface area (Å²) in [4.78, 5) is 24.0. The van der Waals surface area contributed by atoms with Crippen LogP contribution in [-0.4, -0.2) is 65.6 Å². The predicted octanol–water partition coefficient (Wildman–Crippen LogP) is 2.68. The Morgan fingerprint density at radius 1 is 1.22 bits per heavy atom. The van der Waals surface area contributed by atoms with E-state index < -0.39 is 12.1 Å². The lowest BCUT2D eigenvalue weighted by molar-refractivity contribution is -0.192. The van der Waals surface area contributed by atoms with Crippen molar-refractivity contribution < 1.29 is 37.1 Å². The summed E-state index contributed by atoms with van der Waals surface area (Å²) in [5, 5.41) is 14.4. The first-order chi connectivity index (χ1) is 15.1. The fourth-order valence-corrected chi connectivity index (χ4v) is 4.30. The second-order valence-electron chi connectivity index (χ2n) is 8.79. The number of halogens is 3. The number of hydrogen-bond donors (Lipinski definition) is 2. The molecule has 2 saturated heterocycles. The normalized spacial score (nSPS) is 26.0. The van der Waals surface area contributed by atoms with E-state index in [1.807, 2.05) is 13.8 Å². The van der Waals surface area contributed by atoms with Gasteiger partial charge in [0, 0.05) is 50.2 Å². The molecule has 0 unspecified atom stereocenters. The number of alkyl halides is 3. The van der Waals surface area contributed by atoms with E-state index in [0.29, 0.717) is 12.5 Å². The number of carboxylic acids is 1. The number of nitrogens with zero attached hydrogens (tertiary/aromatic N) is 2. The fraction of sp³-hybridized carbons (Fsp3) is 0.762. The van der Waals surface area contributed by atoms with Gasteiger partial charge >= 0.3 is 12.1 Å². The van der Waals surface area contributed by atoms with Gasteiger partial charge < -0.3 is 19.7 Å². The van der Waals surface area contributed by atoms with Crippen LogP contribution in [0.5, 0.6) is 0 Å². The molecule has 3 fully saturated rings. The Balaban J connectivity index is 0.000000360. The number of rotatable bonds is 5. The first-order valence-corrected chi connectivity index (χ1v) is 10.9. The molecule has 1 saturated carbocycles. The molecule has 3 aliphatic rings. The minimum atomic E-state index is -5.08. The van der Waals surface area contributed by atoms with Crippen molar-refractivity contribution in [2.24, 2.45) is 17.8 Å². The molecule has 0 radical (unpaired) electrons. The number of fused-ring (bicyclic) bond motifs is 1. The number of aryl methyl sites for hydroxylation is 2. The molecule has 4 rings (SSSR count). The fourth-order valence-electron chi connectivity index (χ4n) is 4.30. The summed E-state index contributed by atoms with van der Waals surface area (Å²) in [6.07, 6.45) is -0.472. The molecule has 1 amide bonds. The lowest BCUT2D eigenvalue weighted by Crippen LogP contribution is -2.53. The van der Waals surface area contributed by atoms with E-state index in [9.17, 15) is 18.0 Å². The van der Waals surface area contributed by atoms with Crippen LogP contribution in [-0.2, 0) is 20.9 Å². The van der Waals surface area contributed by atoms with Crippen molar-refractivity contribution in [2.45, 2.75) is 58.4 Å². The van der Waals surface area contributed by atoms with Crippen molar-refractivity contribution in [1.82, 2.24) is 15.4 Å². The van der Waals surface area contributed by atoms with Crippen LogP contribution >= 0.6 is 0 Å². The maximum atomic E-state index is 12.7. The summed E-state index contributed by atoms with van der Waals surface area (Å²) in [6.45, 7) is 8.30. The minimum Gasteiger partial charge on any atom is -0.475 e. The largest absolute Gasteiger partial charge is 0.490 e. The number of nitrogens with one attached hydrogen (secondary N) is 1. The van der Waals surface area contributed by atoms with Gasteiger partial charge in [0.05, 0.1) is 11.8 Å². The van der Waals surface area contributed by atoms with Crippen molar-refractivity contribution in [3.05, 3.63) is 17.0 Å². The van der Waals surface area contributed by atoms with Crippen molar-refractivity contribution in [1.29, 1.82) is 0 Å². The Morgan fingerprint density at radius 3 is 2.47 bits per heavy atom. The average Bonchev–Trinajstić information content (AvgIpc) is 3.52. The molecule has 0 aromatic carbocycles. The summed E-state index contributed by atoms with van der Waals surface area (Å²) in [5.41, 5.74) is 2.16. The first-order valence-electron chi connectivity index (χ1n) is 10.9. The molecule has 1 aromatic rings. The summed E-state index contributed by atoms with van der Waals surface area (Å²) in [6, 6.07) is 0. The number of hydrogen-bond acceptors (Lipinski definition) is 6. The smallest absolute Gasteiger partial charge is 0.475 e. The molecule has 0 bridgehead atoms. The molecule has 3 atom stereocenters. The van der Waals surface area contributed by atoms with Gasteiger partial charge in [-0.3, -0.25) is 9.69 Å². The molecular formula is C21H30F3N3O5. The first kappa shape index (κ1) is 24.5. The van der Waals surface area contributed by atoms with Crippen LogP contribution in [0.2, 0.25) is 0 Å². The molecule has 2 aliphatic heterocycles. The maximum absolute atomic E-state index is 12.7. The van der Waals surface area contributed by atoms with E-state index in [0.717, 1.165) is 56.4 Å². The summed E-state index contributed by atoms with van der Waals surface area (Å²) < 4.78 is 43.0. The third kappa shape index (κ3) is 6.44. The molecule has 3 heterocycles. The van der Waals surface area contributed by atoms with Crippen LogP contribution in [0.25, 0.3) is 0 Å². The zero-order valence-electron chi connectivity index (χ0n) is 18.3. The quantitative estimate of drug-likeness (QED) is 0.695. The Bertz CT molecular complexity index is 790. The number of amides is 1. The van der Waals surface area contributed by atoms with Crippen LogP contribution in [0, 0.1) is 31.6 Å². The van der Waals surface area contributed by atoms with Crippen molar-refractivity contribution in [3.8, 4) is 0 Å². The summed E-state index contributed by atoms with van der Waals surface area (Å²) in [5.74, 6) is -0.510. The number of likely N-dealkylation sites (tertiary alicyclic amines) is 1. The highest BCUT2D eigenvalue weighted by Crippen LogP contribution is 2.35. The van der Waals surface area contributed by atoms with E-state index in [1.54, 1.807) is 0 Å². The predicted molar refractivity (Wildman–Crippen MR) is 107 cm³/mol. The van der Waals surface area contributed by atoms with E-state index in [-0.39, 0.29) is 17.9 Å². The lowest BCUT2D eigenvalue weighted by Gasteiger charge is -2.44. The highest BCUT2D eigenvalue weighted by molar-refractivity contribution is 5.79. The van der Waals surface area contributed by atoms with Crippen molar-refractivity contribution >= 4 is 11.9 Å². The third-order valence-electron chi connectivity index (χ3n) is 6.36. The SMILES string of the molecule is Cc1noc(C)c1CN1CC[C@H]2OCC[C@@H](C(=O)NCC3CC3)[C@@H]2C1.O=C(O)C(F)(F)F. The Kier molecular flexibility index (Phi) is 7.81. The van der Waals surface area contributed by atoms with Gasteiger partial charge in [-0.15, -0.1) is 0 Å². The molecule has 180 valence electrons. The summed E-state index contributed by atoms with van der Waals surface area (Å²) >= 11 is 0. The molecule has 1 aromatic heterocycles. The number of carboxylic acid groups (broad SMARTS) is 1. The molecule has 11 heteroatoms. The Hall–Kier alpha value is -2.14. The highest BCUT2D eigenvalue weighted by atomic mass is 19.4. The highest BCUT2D eigenvalue weighted by Gasteiger charge is 2.42. The van der Waals surface area contributed by atoms with Crippen LogP contribution in [0.3, 0.4) is 0 Å². The number of aromatic nitrogens is 1. The van der Waals surface area contributed by atoms with Crippen LogP contribution in [0.4, 0.5) is 13.2 Å². The van der Waals surface area contributed by atoms with Gasteiger partial charge in [-0.2, -0.15) is 13.2 Å². The van der Waals surface area contributed by atoms with Gasteiger partial charge in [-0.1, -0.05) is 5.16 Å². The van der Waals surface area contributed by atoms with Crippen LogP contribution < -0.4 is 5.32 Å². The molecular weight excluding hydrogens is 431 g/mol. The average molecular weight is 461 g/mol. The standard InChI is InChI=1S/C19H29N3O3.C2HF3O2/c1-12-16(13(2)25-21-12)10-22-7-5-18-17(11-22)15(6-8-24-18)19(23)20-9-14-3-4-14;3-2(4,5)1(6)7/h14-15,17-18H,3-11H2,1-2H3,(H,20,23);(H,6,7)/t15-,17+,18-;/m1./s1.